The summed E-state index contributed by atoms with van der Waals surface area (Å²) in [7, 11) is 0. The van der Waals surface area contributed by atoms with E-state index in [9.17, 15) is 0 Å². The normalized spacial score (nSPS) is 15.0. The fraction of sp³-hybridized carbons (Fsp3) is 0.520. The zero-order valence-electron chi connectivity index (χ0n) is 18.7. The lowest BCUT2D eigenvalue weighted by molar-refractivity contribution is 0.162. The molecule has 3 nitrogen and oxygen atoms in total. The van der Waals surface area contributed by atoms with E-state index in [0.717, 1.165) is 31.9 Å². The largest absolute Gasteiger partial charge is 0.488 e. The molecule has 168 valence electrons. The maximum absolute atomic E-state index is 6.21. The summed E-state index contributed by atoms with van der Waals surface area (Å²) >= 11 is 0. The van der Waals surface area contributed by atoms with Crippen molar-refractivity contribution >= 4 is 24.8 Å². The van der Waals surface area contributed by atoms with Crippen molar-refractivity contribution in [1.82, 2.24) is 10.2 Å². The van der Waals surface area contributed by atoms with Gasteiger partial charge in [-0.05, 0) is 42.5 Å². The van der Waals surface area contributed by atoms with Crippen LogP contribution in [-0.4, -0.2) is 31.1 Å². The molecule has 1 atom stereocenters. The molecule has 2 aromatic rings. The van der Waals surface area contributed by atoms with Crippen molar-refractivity contribution in [3.63, 3.8) is 0 Å². The Balaban J connectivity index is 0.00000225. The van der Waals surface area contributed by atoms with Crippen molar-refractivity contribution in [2.75, 3.05) is 26.2 Å². The molecule has 3 rings (SSSR count). The third kappa shape index (κ3) is 7.46. The summed E-state index contributed by atoms with van der Waals surface area (Å²) in [4.78, 5) is 2.67. The maximum Gasteiger partial charge on any atom is 0.125 e. The van der Waals surface area contributed by atoms with Crippen molar-refractivity contribution in [2.45, 2.75) is 59.1 Å². The Labute approximate surface area is 195 Å². The summed E-state index contributed by atoms with van der Waals surface area (Å²) < 4.78 is 6.21. The molecule has 0 radical (unpaired) electrons. The van der Waals surface area contributed by atoms with Gasteiger partial charge >= 0.3 is 0 Å². The van der Waals surface area contributed by atoms with Crippen LogP contribution in [0, 0.1) is 13.8 Å². The molecule has 0 bridgehead atoms. The van der Waals surface area contributed by atoms with Gasteiger partial charge in [0, 0.05) is 32.2 Å². The number of halogens is 2. The van der Waals surface area contributed by atoms with Gasteiger partial charge < -0.3 is 10.1 Å². The van der Waals surface area contributed by atoms with Crippen LogP contribution in [0.3, 0.4) is 0 Å². The van der Waals surface area contributed by atoms with Crippen LogP contribution in [0.5, 0.6) is 5.75 Å². The first-order valence-electron chi connectivity index (χ1n) is 10.9. The molecule has 0 unspecified atom stereocenters. The molecule has 0 amide bonds. The number of hydrogen-bond acceptors (Lipinski definition) is 3. The van der Waals surface area contributed by atoms with Crippen LogP contribution >= 0.6 is 24.8 Å². The lowest BCUT2D eigenvalue weighted by Crippen LogP contribution is -2.45. The highest BCUT2D eigenvalue weighted by atomic mass is 35.5. The molecule has 0 aromatic heterocycles. The highest BCUT2D eigenvalue weighted by Crippen LogP contribution is 2.33. The molecular weight excluding hydrogens is 415 g/mol. The van der Waals surface area contributed by atoms with Gasteiger partial charge in [0.15, 0.2) is 0 Å². The lowest BCUT2D eigenvalue weighted by atomic mass is 9.94. The van der Waals surface area contributed by atoms with E-state index in [1.807, 2.05) is 6.07 Å². The standard InChI is InChI=1S/C25H36N2O.2ClH/c1-4-5-7-12-24(27-15-13-26-14-16-27)23-17-20(2)25(21(3)18-23)28-19-22-10-8-6-9-11-22;;/h6,8-11,17-18,24,26H,4-5,7,12-16,19H2,1-3H3;2*1H/t24-;;/m1../s1. The van der Waals surface area contributed by atoms with Crippen LogP contribution in [0.2, 0.25) is 0 Å². The SMILES string of the molecule is CCCCC[C@H](c1cc(C)c(OCc2ccccc2)c(C)c1)N1CCNCC1.Cl.Cl. The van der Waals surface area contributed by atoms with E-state index in [-0.39, 0.29) is 24.8 Å². The van der Waals surface area contributed by atoms with Gasteiger partial charge in [0.25, 0.3) is 0 Å². The predicted molar refractivity (Wildman–Crippen MR) is 133 cm³/mol. The number of rotatable bonds is 9. The molecule has 5 heteroatoms. The van der Waals surface area contributed by atoms with Crippen LogP contribution < -0.4 is 10.1 Å². The molecule has 1 heterocycles. The number of nitrogens with zero attached hydrogens (tertiary/aromatic N) is 1. The summed E-state index contributed by atoms with van der Waals surface area (Å²) in [5.74, 6) is 1.04. The molecule has 30 heavy (non-hydrogen) atoms. The molecule has 1 aliphatic heterocycles. The molecule has 0 spiro atoms. The van der Waals surface area contributed by atoms with Gasteiger partial charge in [0.1, 0.15) is 12.4 Å². The van der Waals surface area contributed by atoms with Crippen LogP contribution in [-0.2, 0) is 6.61 Å². The smallest absolute Gasteiger partial charge is 0.125 e. The molecule has 1 aliphatic rings. The number of piperazine rings is 1. The molecule has 1 saturated heterocycles. The van der Waals surface area contributed by atoms with E-state index >= 15 is 0 Å². The lowest BCUT2D eigenvalue weighted by Gasteiger charge is -2.36. The highest BCUT2D eigenvalue weighted by molar-refractivity contribution is 5.85. The Kier molecular flexibility index (Phi) is 12.4. The van der Waals surface area contributed by atoms with E-state index in [1.165, 1.54) is 47.9 Å². The number of unbranched alkanes of at least 4 members (excludes halogenated alkanes) is 2. The van der Waals surface area contributed by atoms with Gasteiger partial charge in [-0.3, -0.25) is 4.90 Å². The van der Waals surface area contributed by atoms with Gasteiger partial charge in [-0.1, -0.05) is 68.7 Å². The zero-order valence-corrected chi connectivity index (χ0v) is 20.3. The van der Waals surface area contributed by atoms with Crippen molar-refractivity contribution in [1.29, 1.82) is 0 Å². The van der Waals surface area contributed by atoms with Gasteiger partial charge in [-0.25, -0.2) is 0 Å². The minimum absolute atomic E-state index is 0. The van der Waals surface area contributed by atoms with Crippen molar-refractivity contribution in [3.05, 3.63) is 64.7 Å². The van der Waals surface area contributed by atoms with Gasteiger partial charge in [-0.2, -0.15) is 0 Å². The molecule has 0 aliphatic carbocycles. The molecular formula is C25H38Cl2N2O. The number of ether oxygens (including phenoxy) is 1. The second-order valence-electron chi connectivity index (χ2n) is 8.06. The zero-order chi connectivity index (χ0) is 19.8. The Morgan fingerprint density at radius 2 is 1.60 bits per heavy atom. The van der Waals surface area contributed by atoms with Crippen molar-refractivity contribution in [3.8, 4) is 5.75 Å². The Morgan fingerprint density at radius 1 is 0.967 bits per heavy atom. The Hall–Kier alpha value is -1.26. The highest BCUT2D eigenvalue weighted by Gasteiger charge is 2.23. The monoisotopic (exact) mass is 452 g/mol. The van der Waals surface area contributed by atoms with Crippen LogP contribution in [0.25, 0.3) is 0 Å². The quantitative estimate of drug-likeness (QED) is 0.454. The maximum atomic E-state index is 6.21. The fourth-order valence-electron chi connectivity index (χ4n) is 4.28. The van der Waals surface area contributed by atoms with Gasteiger partial charge in [0.2, 0.25) is 0 Å². The van der Waals surface area contributed by atoms with E-state index in [2.05, 4.69) is 67.4 Å². The van der Waals surface area contributed by atoms with E-state index in [0.29, 0.717) is 12.6 Å². The second-order valence-corrected chi connectivity index (χ2v) is 8.06. The van der Waals surface area contributed by atoms with Crippen LogP contribution in [0.1, 0.15) is 60.9 Å². The molecule has 1 N–H and O–H groups in total. The minimum atomic E-state index is 0. The topological polar surface area (TPSA) is 24.5 Å². The van der Waals surface area contributed by atoms with Crippen LogP contribution in [0.4, 0.5) is 0 Å². The van der Waals surface area contributed by atoms with Crippen molar-refractivity contribution in [2.24, 2.45) is 0 Å². The molecule has 1 fully saturated rings. The minimum Gasteiger partial charge on any atom is -0.488 e. The average Bonchev–Trinajstić information content (AvgIpc) is 2.72. The Bertz CT molecular complexity index is 710. The summed E-state index contributed by atoms with van der Waals surface area (Å²) in [5, 5.41) is 3.49. The fourth-order valence-corrected chi connectivity index (χ4v) is 4.28. The summed E-state index contributed by atoms with van der Waals surface area (Å²) in [6.07, 6.45) is 5.14. The summed E-state index contributed by atoms with van der Waals surface area (Å²) in [6.45, 7) is 11.8. The number of nitrogens with one attached hydrogen (secondary N) is 1. The Morgan fingerprint density at radius 3 is 2.20 bits per heavy atom. The van der Waals surface area contributed by atoms with Crippen LogP contribution in [0.15, 0.2) is 42.5 Å². The predicted octanol–water partition coefficient (Wildman–Crippen LogP) is 6.25. The first-order valence-corrected chi connectivity index (χ1v) is 10.9. The van der Waals surface area contributed by atoms with E-state index < -0.39 is 0 Å². The first-order chi connectivity index (χ1) is 13.7. The number of benzene rings is 2. The summed E-state index contributed by atoms with van der Waals surface area (Å²) in [5.41, 5.74) is 5.17. The van der Waals surface area contributed by atoms with E-state index in [4.69, 9.17) is 4.74 Å². The van der Waals surface area contributed by atoms with Gasteiger partial charge in [0.05, 0.1) is 0 Å². The first kappa shape index (κ1) is 26.8. The second kappa shape index (κ2) is 13.9. The molecule has 0 saturated carbocycles. The average molecular weight is 453 g/mol. The third-order valence-electron chi connectivity index (χ3n) is 5.77. The van der Waals surface area contributed by atoms with Crippen molar-refractivity contribution < 1.29 is 4.74 Å². The number of aryl methyl sites for hydroxylation is 2. The third-order valence-corrected chi connectivity index (χ3v) is 5.77. The molecule has 2 aromatic carbocycles. The summed E-state index contributed by atoms with van der Waals surface area (Å²) in [6, 6.07) is 15.7. The number of hydrogen-bond donors (Lipinski definition) is 1. The van der Waals surface area contributed by atoms with E-state index in [1.54, 1.807) is 0 Å². The van der Waals surface area contributed by atoms with Gasteiger partial charge in [-0.15, -0.1) is 24.8 Å².